The summed E-state index contributed by atoms with van der Waals surface area (Å²) in [7, 11) is 1.65. The Bertz CT molecular complexity index is 1380. The smallest absolute Gasteiger partial charge is 0.407 e. The predicted molar refractivity (Wildman–Crippen MR) is 165 cm³/mol. The average Bonchev–Trinajstić information content (AvgIpc) is 3.47. The Morgan fingerprint density at radius 3 is 2.72 bits per heavy atom. The molecule has 3 atom stereocenters. The summed E-state index contributed by atoms with van der Waals surface area (Å²) in [4.78, 5) is 33.3. The number of aryl methyl sites for hydroxylation is 1. The van der Waals surface area contributed by atoms with E-state index in [1.807, 2.05) is 60.4 Å². The summed E-state index contributed by atoms with van der Waals surface area (Å²) in [6.07, 6.45) is 5.81. The number of benzene rings is 2. The molecule has 0 bridgehead atoms. The highest BCUT2D eigenvalue weighted by atomic mass is 16.5. The van der Waals surface area contributed by atoms with Crippen molar-refractivity contribution in [3.63, 3.8) is 0 Å². The van der Waals surface area contributed by atoms with Crippen molar-refractivity contribution in [3.05, 3.63) is 66.1 Å². The van der Waals surface area contributed by atoms with Crippen LogP contribution >= 0.6 is 0 Å². The second kappa shape index (κ2) is 14.4. The van der Waals surface area contributed by atoms with E-state index in [-0.39, 0.29) is 24.0 Å². The number of nitrogens with zero attached hydrogens (tertiary/aromatic N) is 3. The molecule has 2 aromatic carbocycles. The number of rotatable bonds is 10. The summed E-state index contributed by atoms with van der Waals surface area (Å²) in [5.74, 6) is 1.44. The van der Waals surface area contributed by atoms with Crippen molar-refractivity contribution in [1.29, 1.82) is 0 Å². The highest BCUT2D eigenvalue weighted by Crippen LogP contribution is 2.35. The van der Waals surface area contributed by atoms with Crippen LogP contribution in [-0.2, 0) is 4.74 Å². The molecule has 1 aliphatic carbocycles. The second-order valence-electron chi connectivity index (χ2n) is 11.2. The molecule has 1 aromatic heterocycles. The van der Waals surface area contributed by atoms with Crippen LogP contribution in [0.3, 0.4) is 0 Å². The quantitative estimate of drug-likeness (QED) is 0.344. The molecule has 10 nitrogen and oxygen atoms in total. The molecule has 2 amide bonds. The van der Waals surface area contributed by atoms with Crippen molar-refractivity contribution in [3.8, 4) is 22.8 Å². The Balaban J connectivity index is 1.38. The van der Waals surface area contributed by atoms with Crippen molar-refractivity contribution in [2.75, 3.05) is 40.0 Å². The van der Waals surface area contributed by atoms with Crippen LogP contribution in [0.5, 0.6) is 11.5 Å². The Kier molecular flexibility index (Phi) is 10.2. The van der Waals surface area contributed by atoms with E-state index in [4.69, 9.17) is 19.2 Å². The predicted octanol–water partition coefficient (Wildman–Crippen LogP) is 4.98. The lowest BCUT2D eigenvalue weighted by Crippen LogP contribution is -2.54. The number of methoxy groups -OCH3 is 1. The topological polar surface area (TPSA) is 107 Å². The molecule has 230 valence electrons. The van der Waals surface area contributed by atoms with Crippen LogP contribution in [0.1, 0.15) is 61.1 Å². The highest BCUT2D eigenvalue weighted by molar-refractivity contribution is 5.98. The number of hydrogen-bond acceptors (Lipinski definition) is 7. The Morgan fingerprint density at radius 2 is 1.93 bits per heavy atom. The minimum atomic E-state index is -0.410. The molecule has 3 aromatic rings. The number of ether oxygens (including phenoxy) is 3. The second-order valence-corrected chi connectivity index (χ2v) is 11.2. The van der Waals surface area contributed by atoms with Crippen molar-refractivity contribution >= 4 is 12.0 Å². The van der Waals surface area contributed by atoms with E-state index >= 15 is 0 Å². The monoisotopic (exact) mass is 589 g/mol. The first kappa shape index (κ1) is 30.4. The van der Waals surface area contributed by atoms with E-state index in [0.717, 1.165) is 54.0 Å². The molecule has 1 unspecified atom stereocenters. The summed E-state index contributed by atoms with van der Waals surface area (Å²) in [5.41, 5.74) is 3.19. The fourth-order valence-electron chi connectivity index (χ4n) is 6.21. The molecule has 2 N–H and O–H groups in total. The van der Waals surface area contributed by atoms with Gasteiger partial charge in [-0.2, -0.15) is 0 Å². The SMILES string of the molecule is CCOC(=O)N[C@H]1CCCC[C@@H]1n1cnc(C(=O)N2CCNCC2CCOc2ccc(C)c(OC)c2)c1-c1ccccc1. The molecule has 0 spiro atoms. The standard InChI is InChI=1S/C33H43N5O5/c1-4-42-33(40)36-27-12-8-9-13-28(27)38-22-35-30(31(38)24-10-6-5-7-11-24)32(39)37-18-17-34-21-25(37)16-19-43-26-15-14-23(2)29(20-26)41-3/h5-7,10-11,14-15,20,22,25,27-28,34H,4,8-9,12-13,16-19,21H2,1-3H3,(H,36,40)/t25?,27-,28-/m0/s1. The molecule has 10 heteroatoms. The molecule has 2 aliphatic rings. The fraction of sp³-hybridized carbons (Fsp3) is 0.485. The summed E-state index contributed by atoms with van der Waals surface area (Å²) in [5, 5.41) is 6.50. The molecule has 2 fully saturated rings. The number of nitrogens with one attached hydrogen (secondary N) is 2. The van der Waals surface area contributed by atoms with Gasteiger partial charge in [0.25, 0.3) is 5.91 Å². The van der Waals surface area contributed by atoms with E-state index in [1.165, 1.54) is 0 Å². The molecule has 43 heavy (non-hydrogen) atoms. The van der Waals surface area contributed by atoms with Gasteiger partial charge in [0.2, 0.25) is 0 Å². The zero-order valence-electron chi connectivity index (χ0n) is 25.4. The van der Waals surface area contributed by atoms with Gasteiger partial charge in [0.15, 0.2) is 5.69 Å². The van der Waals surface area contributed by atoms with Gasteiger partial charge in [0, 0.05) is 43.7 Å². The third-order valence-electron chi connectivity index (χ3n) is 8.42. The van der Waals surface area contributed by atoms with Gasteiger partial charge in [-0.15, -0.1) is 0 Å². The van der Waals surface area contributed by atoms with Gasteiger partial charge < -0.3 is 34.3 Å². The van der Waals surface area contributed by atoms with Gasteiger partial charge in [-0.25, -0.2) is 9.78 Å². The fourth-order valence-corrected chi connectivity index (χ4v) is 6.21. The zero-order valence-corrected chi connectivity index (χ0v) is 25.4. The first-order valence-electron chi connectivity index (χ1n) is 15.3. The zero-order chi connectivity index (χ0) is 30.2. The van der Waals surface area contributed by atoms with Gasteiger partial charge in [0.05, 0.1) is 44.4 Å². The van der Waals surface area contributed by atoms with Crippen LogP contribution < -0.4 is 20.1 Å². The lowest BCUT2D eigenvalue weighted by atomic mass is 9.89. The number of amides is 2. The van der Waals surface area contributed by atoms with Crippen LogP contribution in [0.4, 0.5) is 4.79 Å². The maximum atomic E-state index is 14.3. The molecular formula is C33H43N5O5. The summed E-state index contributed by atoms with van der Waals surface area (Å²) < 4.78 is 18.8. The van der Waals surface area contributed by atoms with Crippen molar-refractivity contribution in [2.24, 2.45) is 0 Å². The normalized spacial score (nSPS) is 20.3. The van der Waals surface area contributed by atoms with Gasteiger partial charge in [0.1, 0.15) is 11.5 Å². The first-order chi connectivity index (χ1) is 21.0. The largest absolute Gasteiger partial charge is 0.496 e. The minimum Gasteiger partial charge on any atom is -0.496 e. The molecule has 2 heterocycles. The lowest BCUT2D eigenvalue weighted by molar-refractivity contribution is 0.0601. The lowest BCUT2D eigenvalue weighted by Gasteiger charge is -2.36. The van der Waals surface area contributed by atoms with E-state index in [1.54, 1.807) is 20.4 Å². The number of piperazine rings is 1. The van der Waals surface area contributed by atoms with Crippen LogP contribution in [0, 0.1) is 6.92 Å². The van der Waals surface area contributed by atoms with Gasteiger partial charge >= 0.3 is 6.09 Å². The molecule has 1 saturated heterocycles. The Morgan fingerprint density at radius 1 is 1.12 bits per heavy atom. The van der Waals surface area contributed by atoms with E-state index < -0.39 is 6.09 Å². The van der Waals surface area contributed by atoms with Crippen molar-refractivity contribution in [2.45, 2.75) is 64.1 Å². The Labute approximate surface area is 253 Å². The summed E-state index contributed by atoms with van der Waals surface area (Å²) in [6.45, 7) is 6.56. The van der Waals surface area contributed by atoms with Crippen LogP contribution in [0.2, 0.25) is 0 Å². The first-order valence-corrected chi connectivity index (χ1v) is 15.3. The van der Waals surface area contributed by atoms with Gasteiger partial charge in [-0.1, -0.05) is 49.2 Å². The third-order valence-corrected chi connectivity index (χ3v) is 8.42. The van der Waals surface area contributed by atoms with Crippen molar-refractivity contribution in [1.82, 2.24) is 25.1 Å². The number of imidazole rings is 1. The van der Waals surface area contributed by atoms with Crippen LogP contribution in [0.25, 0.3) is 11.3 Å². The molecule has 1 saturated carbocycles. The van der Waals surface area contributed by atoms with E-state index in [2.05, 4.69) is 15.2 Å². The maximum absolute atomic E-state index is 14.3. The average molecular weight is 590 g/mol. The van der Waals surface area contributed by atoms with Gasteiger partial charge in [-0.3, -0.25) is 4.79 Å². The number of carbonyl (C=O) groups excluding carboxylic acids is 2. The van der Waals surface area contributed by atoms with Crippen LogP contribution in [-0.4, -0.2) is 78.5 Å². The summed E-state index contributed by atoms with van der Waals surface area (Å²) in [6, 6.07) is 15.6. The van der Waals surface area contributed by atoms with Gasteiger partial charge in [-0.05, 0) is 38.3 Å². The number of alkyl carbamates (subject to hydrolysis) is 1. The maximum Gasteiger partial charge on any atom is 0.407 e. The molecule has 5 rings (SSSR count). The summed E-state index contributed by atoms with van der Waals surface area (Å²) >= 11 is 0. The van der Waals surface area contributed by atoms with Crippen molar-refractivity contribution < 1.29 is 23.8 Å². The number of carbonyl (C=O) groups is 2. The number of hydrogen-bond donors (Lipinski definition) is 2. The minimum absolute atomic E-state index is 0.0406. The van der Waals surface area contributed by atoms with Crippen LogP contribution in [0.15, 0.2) is 54.9 Å². The number of aromatic nitrogens is 2. The van der Waals surface area contributed by atoms with E-state index in [0.29, 0.717) is 45.0 Å². The third kappa shape index (κ3) is 7.13. The molecule has 1 aliphatic heterocycles. The molecule has 0 radical (unpaired) electrons. The molecular weight excluding hydrogens is 546 g/mol. The Hall–Kier alpha value is -4.05. The van der Waals surface area contributed by atoms with E-state index in [9.17, 15) is 9.59 Å². The highest BCUT2D eigenvalue weighted by Gasteiger charge is 2.35.